The minimum absolute atomic E-state index is 0.0400. The first-order valence-corrected chi connectivity index (χ1v) is 11.2. The van der Waals surface area contributed by atoms with E-state index in [9.17, 15) is 13.2 Å². The number of rotatable bonds is 5. The van der Waals surface area contributed by atoms with Crippen LogP contribution in [0, 0.1) is 6.92 Å². The number of hydrogen-bond donors (Lipinski definition) is 1. The van der Waals surface area contributed by atoms with Crippen molar-refractivity contribution in [2.75, 3.05) is 18.9 Å². The van der Waals surface area contributed by atoms with E-state index in [-0.39, 0.29) is 10.8 Å². The predicted molar refractivity (Wildman–Crippen MR) is 111 cm³/mol. The van der Waals surface area contributed by atoms with Gasteiger partial charge in [-0.15, -0.1) is 4.40 Å². The summed E-state index contributed by atoms with van der Waals surface area (Å²) in [5.74, 6) is 0.612. The highest BCUT2D eigenvalue weighted by molar-refractivity contribution is 7.90. The summed E-state index contributed by atoms with van der Waals surface area (Å²) in [4.78, 5) is 14.6. The topological polar surface area (TPSA) is 105 Å². The molecule has 1 aliphatic rings. The summed E-state index contributed by atoms with van der Waals surface area (Å²) in [6, 6.07) is 6.12. The number of sulfonamides is 1. The maximum absolute atomic E-state index is 12.8. The van der Waals surface area contributed by atoms with Gasteiger partial charge < -0.3 is 14.7 Å². The summed E-state index contributed by atoms with van der Waals surface area (Å²) >= 11 is 0. The molecule has 8 nitrogen and oxygen atoms in total. The molecule has 0 spiro atoms. The van der Waals surface area contributed by atoms with E-state index in [4.69, 9.17) is 4.52 Å². The monoisotopic (exact) mass is 418 g/mol. The zero-order valence-electron chi connectivity index (χ0n) is 16.9. The van der Waals surface area contributed by atoms with Crippen LogP contribution < -0.4 is 5.32 Å². The smallest absolute Gasteiger partial charge is 0.284 e. The number of aromatic nitrogens is 1. The Kier molecular flexibility index (Phi) is 6.36. The standard InChI is InChI=1S/C20H26N4O4S/c1-4-17-19(14(2)28-22-17)20(25)21-15-9-8-10-16(13-15)29(26,27)23-18-11-6-5-7-12-24(18)3/h8-10,13H,4-7,11-12H2,1-3H3,(H,21,25)/b23-18+. The molecule has 1 aliphatic heterocycles. The third kappa shape index (κ3) is 4.84. The van der Waals surface area contributed by atoms with Gasteiger partial charge in [0.2, 0.25) is 0 Å². The molecular formula is C20H26N4O4S. The predicted octanol–water partition coefficient (Wildman–Crippen LogP) is 3.39. The highest BCUT2D eigenvalue weighted by Gasteiger charge is 2.21. The minimum Gasteiger partial charge on any atom is -0.362 e. The number of anilines is 1. The lowest BCUT2D eigenvalue weighted by atomic mass is 10.1. The molecule has 0 unspecified atom stereocenters. The van der Waals surface area contributed by atoms with Crippen molar-refractivity contribution >= 4 is 27.5 Å². The fraction of sp³-hybridized carbons (Fsp3) is 0.450. The Morgan fingerprint density at radius 1 is 1.31 bits per heavy atom. The van der Waals surface area contributed by atoms with Gasteiger partial charge in [-0.1, -0.05) is 24.6 Å². The molecule has 1 fully saturated rings. The summed E-state index contributed by atoms with van der Waals surface area (Å²) in [7, 11) is -2.01. The lowest BCUT2D eigenvalue weighted by molar-refractivity contribution is 0.102. The van der Waals surface area contributed by atoms with Crippen LogP contribution in [0.3, 0.4) is 0 Å². The van der Waals surface area contributed by atoms with Crippen LogP contribution in [0.15, 0.2) is 38.1 Å². The Morgan fingerprint density at radius 3 is 2.86 bits per heavy atom. The molecule has 1 aromatic heterocycles. The van der Waals surface area contributed by atoms with Crippen molar-refractivity contribution in [1.29, 1.82) is 0 Å². The molecule has 1 aromatic carbocycles. The second-order valence-electron chi connectivity index (χ2n) is 7.11. The average Bonchev–Trinajstić information content (AvgIpc) is 2.96. The lowest BCUT2D eigenvalue weighted by Crippen LogP contribution is -2.26. The van der Waals surface area contributed by atoms with E-state index in [1.165, 1.54) is 12.1 Å². The molecule has 0 aliphatic carbocycles. The maximum atomic E-state index is 12.8. The van der Waals surface area contributed by atoms with Crippen LogP contribution in [0.25, 0.3) is 0 Å². The first-order valence-electron chi connectivity index (χ1n) is 9.73. The van der Waals surface area contributed by atoms with E-state index in [0.29, 0.717) is 41.4 Å². The molecule has 0 saturated carbocycles. The molecule has 1 amide bonds. The molecule has 0 bridgehead atoms. The zero-order valence-corrected chi connectivity index (χ0v) is 17.8. The number of aryl methyl sites for hydroxylation is 2. The average molecular weight is 419 g/mol. The number of carbonyl (C=O) groups is 1. The van der Waals surface area contributed by atoms with Crippen molar-refractivity contribution < 1.29 is 17.7 Å². The molecule has 2 heterocycles. The molecule has 3 rings (SSSR count). The van der Waals surface area contributed by atoms with Gasteiger partial charge in [0.25, 0.3) is 15.9 Å². The second-order valence-corrected chi connectivity index (χ2v) is 8.71. The first kappa shape index (κ1) is 21.0. The number of amidine groups is 1. The van der Waals surface area contributed by atoms with E-state index >= 15 is 0 Å². The number of likely N-dealkylation sites (tertiary alicyclic amines) is 1. The van der Waals surface area contributed by atoms with Gasteiger partial charge in [0.05, 0.1) is 10.6 Å². The number of nitrogens with one attached hydrogen (secondary N) is 1. The number of nitrogens with zero attached hydrogens (tertiary/aromatic N) is 3. The number of carbonyl (C=O) groups excluding carboxylic acids is 1. The van der Waals surface area contributed by atoms with Crippen molar-refractivity contribution in [3.8, 4) is 0 Å². The highest BCUT2D eigenvalue weighted by atomic mass is 32.2. The normalized spacial score (nSPS) is 16.7. The first-order chi connectivity index (χ1) is 13.8. The number of amides is 1. The van der Waals surface area contributed by atoms with Gasteiger partial charge in [-0.25, -0.2) is 0 Å². The van der Waals surface area contributed by atoms with Crippen LogP contribution in [-0.4, -0.2) is 43.8 Å². The van der Waals surface area contributed by atoms with Gasteiger partial charge in [0, 0.05) is 25.7 Å². The summed E-state index contributed by atoms with van der Waals surface area (Å²) in [5, 5.41) is 6.61. The van der Waals surface area contributed by atoms with Crippen LogP contribution in [0.5, 0.6) is 0 Å². The largest absolute Gasteiger partial charge is 0.362 e. The minimum atomic E-state index is -3.88. The third-order valence-corrected chi connectivity index (χ3v) is 6.25. The molecule has 1 saturated heterocycles. The lowest BCUT2D eigenvalue weighted by Gasteiger charge is -2.17. The van der Waals surface area contributed by atoms with E-state index < -0.39 is 10.0 Å². The molecule has 156 valence electrons. The van der Waals surface area contributed by atoms with Crippen molar-refractivity contribution in [3.05, 3.63) is 41.3 Å². The van der Waals surface area contributed by atoms with Gasteiger partial charge >= 0.3 is 0 Å². The van der Waals surface area contributed by atoms with E-state index in [1.807, 2.05) is 18.9 Å². The van der Waals surface area contributed by atoms with Crippen molar-refractivity contribution in [3.63, 3.8) is 0 Å². The van der Waals surface area contributed by atoms with Crippen LogP contribution in [0.2, 0.25) is 0 Å². The summed E-state index contributed by atoms with van der Waals surface area (Å²) in [6.45, 7) is 4.34. The molecule has 1 N–H and O–H groups in total. The molecule has 0 radical (unpaired) electrons. The highest BCUT2D eigenvalue weighted by Crippen LogP contribution is 2.22. The molecular weight excluding hydrogens is 392 g/mol. The van der Waals surface area contributed by atoms with Crippen LogP contribution in [-0.2, 0) is 16.4 Å². The molecule has 2 aromatic rings. The Labute approximate surface area is 171 Å². The van der Waals surface area contributed by atoms with Crippen molar-refractivity contribution in [1.82, 2.24) is 10.1 Å². The van der Waals surface area contributed by atoms with Crippen LogP contribution in [0.4, 0.5) is 5.69 Å². The van der Waals surface area contributed by atoms with Crippen LogP contribution >= 0.6 is 0 Å². The summed E-state index contributed by atoms with van der Waals surface area (Å²) in [5.41, 5.74) is 1.31. The summed E-state index contributed by atoms with van der Waals surface area (Å²) < 4.78 is 34.8. The SMILES string of the molecule is CCc1noc(C)c1C(=O)Nc1cccc(S(=O)(=O)/N=C2\CCCCCN2C)c1. The molecule has 0 atom stereocenters. The van der Waals surface area contributed by atoms with Crippen LogP contribution in [0.1, 0.15) is 54.4 Å². The van der Waals surface area contributed by atoms with Gasteiger partial charge in [0.15, 0.2) is 0 Å². The van der Waals surface area contributed by atoms with Gasteiger partial charge in [-0.2, -0.15) is 8.42 Å². The Hall–Kier alpha value is -2.68. The quantitative estimate of drug-likeness (QED) is 0.798. The fourth-order valence-corrected chi connectivity index (χ4v) is 4.45. The summed E-state index contributed by atoms with van der Waals surface area (Å²) in [6.07, 6.45) is 4.21. The molecule has 9 heteroatoms. The van der Waals surface area contributed by atoms with Gasteiger partial charge in [0.1, 0.15) is 17.2 Å². The van der Waals surface area contributed by atoms with Crippen molar-refractivity contribution in [2.45, 2.75) is 50.8 Å². The molecule has 29 heavy (non-hydrogen) atoms. The zero-order chi connectivity index (χ0) is 21.0. The fourth-order valence-electron chi connectivity index (χ4n) is 3.31. The van der Waals surface area contributed by atoms with E-state index in [2.05, 4.69) is 14.9 Å². The Morgan fingerprint density at radius 2 is 2.10 bits per heavy atom. The van der Waals surface area contributed by atoms with Crippen molar-refractivity contribution in [2.24, 2.45) is 4.40 Å². The van der Waals surface area contributed by atoms with Gasteiger partial charge in [-0.05, 0) is 44.4 Å². The van der Waals surface area contributed by atoms with E-state index in [0.717, 1.165) is 25.8 Å². The Balaban J connectivity index is 1.85. The van der Waals surface area contributed by atoms with E-state index in [1.54, 1.807) is 19.1 Å². The maximum Gasteiger partial charge on any atom is 0.284 e. The number of benzene rings is 1. The second kappa shape index (κ2) is 8.77. The number of hydrogen-bond acceptors (Lipinski definition) is 5. The Bertz CT molecular complexity index is 1030. The third-order valence-electron chi connectivity index (χ3n) is 4.95. The van der Waals surface area contributed by atoms with Gasteiger partial charge in [-0.3, -0.25) is 4.79 Å².